The van der Waals surface area contributed by atoms with Crippen LogP contribution in [0.5, 0.6) is 5.75 Å². The number of hydrogen-bond acceptors (Lipinski definition) is 14. The lowest BCUT2D eigenvalue weighted by atomic mass is 9.77. The van der Waals surface area contributed by atoms with E-state index in [9.17, 15) is 24.1 Å². The maximum absolute atomic E-state index is 13.8. The summed E-state index contributed by atoms with van der Waals surface area (Å²) in [5.74, 6) is 0.340. The average Bonchev–Trinajstić information content (AvgIpc) is 3.51. The number of anilines is 1. The first-order chi connectivity index (χ1) is 26.2. The predicted octanol–water partition coefficient (Wildman–Crippen LogP) is 5.45. The van der Waals surface area contributed by atoms with Crippen LogP contribution in [0.2, 0.25) is 0 Å². The number of rotatable bonds is 14. The van der Waals surface area contributed by atoms with Crippen molar-refractivity contribution in [3.05, 3.63) is 124 Å². The smallest absolute Gasteiger partial charge is 0.476 e. The number of hydrogen-bond donors (Lipinski definition) is 2. The van der Waals surface area contributed by atoms with E-state index in [2.05, 4.69) is 10.3 Å². The van der Waals surface area contributed by atoms with Gasteiger partial charge in [-0.1, -0.05) is 84.6 Å². The molecule has 0 amide bonds. The van der Waals surface area contributed by atoms with E-state index in [1.54, 1.807) is 20.1 Å². The van der Waals surface area contributed by atoms with Crippen LogP contribution < -0.4 is 15.7 Å². The highest BCUT2D eigenvalue weighted by molar-refractivity contribution is 8.13. The summed E-state index contributed by atoms with van der Waals surface area (Å²) in [6, 6.07) is 28.9. The highest BCUT2D eigenvalue weighted by Crippen LogP contribution is 2.77. The van der Waals surface area contributed by atoms with Crippen LogP contribution in [0.3, 0.4) is 0 Å². The summed E-state index contributed by atoms with van der Waals surface area (Å²) in [4.78, 5) is 43.0. The number of benzene rings is 3. The zero-order valence-electron chi connectivity index (χ0n) is 30.9. The molecule has 3 aromatic carbocycles. The number of carbonyl (C=O) groups excluding carboxylic acids is 2. The number of phosphoric ester groups is 1. The molecule has 6 atom stereocenters. The second-order valence-electron chi connectivity index (χ2n) is 14.1. The highest BCUT2D eigenvalue weighted by Gasteiger charge is 2.90. The first-order valence-electron chi connectivity index (χ1n) is 17.7. The predicted molar refractivity (Wildman–Crippen MR) is 203 cm³/mol. The van der Waals surface area contributed by atoms with Gasteiger partial charge < -0.3 is 24.6 Å². The molecule has 1 unspecified atom stereocenters. The number of esters is 1. The van der Waals surface area contributed by atoms with Gasteiger partial charge >= 0.3 is 19.5 Å². The van der Waals surface area contributed by atoms with Gasteiger partial charge in [0.15, 0.2) is 11.8 Å². The van der Waals surface area contributed by atoms with Crippen molar-refractivity contribution in [2.24, 2.45) is 5.41 Å². The van der Waals surface area contributed by atoms with Gasteiger partial charge in [0, 0.05) is 11.9 Å². The zero-order chi connectivity index (χ0) is 39.2. The molecule has 2 aliphatic heterocycles. The Hall–Kier alpha value is -4.34. The van der Waals surface area contributed by atoms with E-state index < -0.39 is 65.2 Å². The largest absolute Gasteiger partial charge is 0.497 e. The van der Waals surface area contributed by atoms with Crippen molar-refractivity contribution in [1.29, 1.82) is 0 Å². The normalized spacial score (nSPS) is 26.8. The fourth-order valence-corrected chi connectivity index (χ4v) is 9.93. The van der Waals surface area contributed by atoms with Crippen molar-refractivity contribution in [2.75, 3.05) is 31.4 Å². The summed E-state index contributed by atoms with van der Waals surface area (Å²) >= 11 is 0.824. The number of nitrogens with one attached hydrogen (secondary N) is 1. The summed E-state index contributed by atoms with van der Waals surface area (Å²) in [5, 5.41) is 15.0. The van der Waals surface area contributed by atoms with Crippen molar-refractivity contribution in [3.8, 4) is 5.75 Å². The second-order valence-corrected chi connectivity index (χ2v) is 16.7. The molecule has 1 spiro atoms. The van der Waals surface area contributed by atoms with Gasteiger partial charge in [-0.25, -0.2) is 9.36 Å². The topological polar surface area (TPSA) is 174 Å². The number of carbonyl (C=O) groups is 2. The van der Waals surface area contributed by atoms with E-state index in [1.807, 2.05) is 84.9 Å². The number of thioether (sulfide) groups is 1. The van der Waals surface area contributed by atoms with Crippen LogP contribution in [0.15, 0.2) is 102 Å². The molecule has 55 heavy (non-hydrogen) atoms. The molecule has 14 nitrogen and oxygen atoms in total. The fourth-order valence-electron chi connectivity index (χ4n) is 7.23. The Morgan fingerprint density at radius 3 is 2.18 bits per heavy atom. The lowest BCUT2D eigenvalue weighted by molar-refractivity contribution is -0.155. The van der Waals surface area contributed by atoms with Gasteiger partial charge in [0.05, 0.1) is 20.3 Å². The van der Waals surface area contributed by atoms with Crippen LogP contribution >= 0.6 is 19.6 Å². The minimum Gasteiger partial charge on any atom is -0.497 e. The van der Waals surface area contributed by atoms with Crippen molar-refractivity contribution in [2.45, 2.75) is 62.9 Å². The zero-order valence-corrected chi connectivity index (χ0v) is 32.6. The SMILES string of the molecule is CCOC(=O)C(C)(C)C(=O)SCCO[P@@]1(=O)OC2[C@H]3O[C@@H](n4ccc(NC(c5ccccc5)(c5ccccc5)c5ccc(OC)cc5)nc4=O)[C@](C)(O)[C@@]23O1. The molecule has 0 bridgehead atoms. The number of ether oxygens (including phenoxy) is 3. The molecule has 1 saturated carbocycles. The van der Waals surface area contributed by atoms with E-state index >= 15 is 0 Å². The molecular formula is C39H42N3O11PS. The van der Waals surface area contributed by atoms with Crippen molar-refractivity contribution < 1.29 is 47.0 Å². The van der Waals surface area contributed by atoms with E-state index in [1.165, 1.54) is 27.0 Å². The number of nitrogens with zero attached hydrogens (tertiary/aromatic N) is 2. The van der Waals surface area contributed by atoms with Crippen LogP contribution in [0.4, 0.5) is 5.82 Å². The number of phosphoric acid groups is 1. The second kappa shape index (κ2) is 14.6. The first-order valence-corrected chi connectivity index (χ1v) is 20.2. The average molecular weight is 792 g/mol. The Morgan fingerprint density at radius 2 is 1.60 bits per heavy atom. The Bertz CT molecular complexity index is 2130. The quantitative estimate of drug-likeness (QED) is 0.0543. The van der Waals surface area contributed by atoms with E-state index in [-0.39, 0.29) is 24.8 Å². The maximum Gasteiger partial charge on any atom is 0.476 e. The minimum atomic E-state index is -4.20. The van der Waals surface area contributed by atoms with Gasteiger partial charge in [-0.15, -0.1) is 0 Å². The van der Waals surface area contributed by atoms with E-state index in [0.29, 0.717) is 5.75 Å². The molecule has 3 fully saturated rings. The monoisotopic (exact) mass is 791 g/mol. The summed E-state index contributed by atoms with van der Waals surface area (Å²) in [5.41, 5.74) is -3.95. The van der Waals surface area contributed by atoms with Crippen molar-refractivity contribution in [1.82, 2.24) is 9.55 Å². The molecule has 1 aliphatic carbocycles. The highest BCUT2D eigenvalue weighted by atomic mass is 32.2. The van der Waals surface area contributed by atoms with Gasteiger partial charge in [-0.05, 0) is 62.6 Å². The summed E-state index contributed by atoms with van der Waals surface area (Å²) in [6.07, 6.45) is -1.57. The lowest BCUT2D eigenvalue weighted by Crippen LogP contribution is -2.50. The molecule has 3 aliphatic rings. The third-order valence-corrected chi connectivity index (χ3v) is 12.9. The molecule has 290 valence electrons. The van der Waals surface area contributed by atoms with Gasteiger partial charge in [0.1, 0.15) is 40.3 Å². The molecular weight excluding hydrogens is 749 g/mol. The molecule has 2 N–H and O–H groups in total. The Morgan fingerprint density at radius 1 is 0.982 bits per heavy atom. The molecule has 1 aromatic heterocycles. The summed E-state index contributed by atoms with van der Waals surface area (Å²) in [7, 11) is -2.60. The summed E-state index contributed by atoms with van der Waals surface area (Å²) < 4.78 is 48.1. The third-order valence-electron chi connectivity index (χ3n) is 10.3. The molecule has 3 heterocycles. The molecule has 0 radical (unpaired) electrons. The minimum absolute atomic E-state index is 0.0464. The maximum atomic E-state index is 13.8. The summed E-state index contributed by atoms with van der Waals surface area (Å²) in [6.45, 7) is 5.93. The first kappa shape index (κ1) is 38.9. The van der Waals surface area contributed by atoms with Gasteiger partial charge in [-0.3, -0.25) is 27.7 Å². The van der Waals surface area contributed by atoms with Gasteiger partial charge in [-0.2, -0.15) is 4.98 Å². The Kier molecular flexibility index (Phi) is 10.3. The van der Waals surface area contributed by atoms with Crippen molar-refractivity contribution in [3.63, 3.8) is 0 Å². The number of aliphatic hydroxyl groups is 1. The third kappa shape index (κ3) is 6.61. The van der Waals surface area contributed by atoms with Crippen LogP contribution in [-0.4, -0.2) is 75.2 Å². The van der Waals surface area contributed by atoms with E-state index in [4.69, 9.17) is 27.8 Å². The van der Waals surface area contributed by atoms with Crippen LogP contribution in [0.1, 0.15) is 50.6 Å². The standard InChI is InChI=1S/C39H42N3O11PS/c1-6-49-33(43)36(2,3)34(44)55-24-23-50-54(47)52-31-30-39(31,53-54)37(4,46)32(51-30)42-22-21-29(40-35(42)45)41-38(25-13-9-7-10-14-25,26-15-11-8-12-16-26)27-17-19-28(48-5)20-18-27/h7-22,30-32,46H,6,23-24H2,1-5H3,(H,40,41,45)/t30-,31?,32-,37+,39+,54+/m1/s1. The van der Waals surface area contributed by atoms with Crippen LogP contribution in [0, 0.1) is 5.41 Å². The number of methoxy groups -OCH3 is 1. The van der Waals surface area contributed by atoms with Gasteiger partial charge in [0.25, 0.3) is 0 Å². The van der Waals surface area contributed by atoms with Crippen LogP contribution in [-0.2, 0) is 42.7 Å². The molecule has 4 aromatic rings. The number of aromatic nitrogens is 2. The molecule has 16 heteroatoms. The van der Waals surface area contributed by atoms with E-state index in [0.717, 1.165) is 33.0 Å². The lowest BCUT2D eigenvalue weighted by Gasteiger charge is -2.37. The fraction of sp³-hybridized carbons (Fsp3) is 0.385. The van der Waals surface area contributed by atoms with Crippen LogP contribution in [0.25, 0.3) is 0 Å². The van der Waals surface area contributed by atoms with Crippen molar-refractivity contribution >= 4 is 36.5 Å². The Labute approximate surface area is 322 Å². The van der Waals surface area contributed by atoms with Gasteiger partial charge in [0.2, 0.25) is 5.12 Å². The number of fused-ring (bicyclic) bond motifs is 1. The Balaban J connectivity index is 1.09. The molecule has 7 rings (SSSR count). The molecule has 2 saturated heterocycles.